The minimum absolute atomic E-state index is 0.289. The van der Waals surface area contributed by atoms with E-state index in [4.69, 9.17) is 0 Å². The van der Waals surface area contributed by atoms with Gasteiger partial charge in [0.25, 0.3) is 0 Å². The van der Waals surface area contributed by atoms with Crippen LogP contribution in [0.25, 0.3) is 0 Å². The molecule has 2 unspecified atom stereocenters. The second kappa shape index (κ2) is 5.35. The Hall–Kier alpha value is -1.96. The average molecular weight is 256 g/mol. The zero-order valence-electron chi connectivity index (χ0n) is 11.6. The Morgan fingerprint density at radius 2 is 1.32 bits per heavy atom. The smallest absolute Gasteiger partial charge is 0.116 e. The van der Waals surface area contributed by atoms with Gasteiger partial charge in [0, 0.05) is 0 Å². The molecule has 2 rings (SSSR count). The summed E-state index contributed by atoms with van der Waals surface area (Å²) < 4.78 is 0. The molecule has 100 valence electrons. The highest BCUT2D eigenvalue weighted by Gasteiger charge is 2.17. The molecular weight excluding hydrogens is 236 g/mol. The summed E-state index contributed by atoms with van der Waals surface area (Å²) in [5, 5.41) is 19.0. The van der Waals surface area contributed by atoms with Crippen molar-refractivity contribution in [2.75, 3.05) is 0 Å². The molecular formula is C17H20O2. The zero-order chi connectivity index (χ0) is 14.0. The van der Waals surface area contributed by atoms with Crippen molar-refractivity contribution in [1.82, 2.24) is 0 Å². The van der Waals surface area contributed by atoms with E-state index in [1.54, 1.807) is 18.2 Å². The van der Waals surface area contributed by atoms with E-state index in [0.717, 1.165) is 11.1 Å². The largest absolute Gasteiger partial charge is 0.508 e. The van der Waals surface area contributed by atoms with Gasteiger partial charge in [0.2, 0.25) is 0 Å². The maximum atomic E-state index is 9.70. The lowest BCUT2D eigenvalue weighted by molar-refractivity contribution is 0.472. The molecule has 0 spiro atoms. The van der Waals surface area contributed by atoms with E-state index in [9.17, 15) is 10.2 Å². The van der Waals surface area contributed by atoms with Crippen LogP contribution < -0.4 is 0 Å². The third-order valence-corrected chi connectivity index (χ3v) is 3.78. The number of rotatable bonds is 3. The van der Waals surface area contributed by atoms with Crippen LogP contribution >= 0.6 is 0 Å². The van der Waals surface area contributed by atoms with Crippen molar-refractivity contribution >= 4 is 0 Å². The maximum Gasteiger partial charge on any atom is 0.116 e. The Morgan fingerprint density at radius 1 is 0.737 bits per heavy atom. The molecule has 0 heterocycles. The van der Waals surface area contributed by atoms with Gasteiger partial charge < -0.3 is 10.2 Å². The molecule has 0 aliphatic carbocycles. The summed E-state index contributed by atoms with van der Waals surface area (Å²) in [6.45, 7) is 6.31. The fourth-order valence-electron chi connectivity index (χ4n) is 2.41. The van der Waals surface area contributed by atoms with Gasteiger partial charge in [0.15, 0.2) is 0 Å². The number of aryl methyl sites for hydroxylation is 1. The second-order valence-corrected chi connectivity index (χ2v) is 5.27. The highest BCUT2D eigenvalue weighted by molar-refractivity contribution is 5.37. The van der Waals surface area contributed by atoms with Crippen molar-refractivity contribution in [3.05, 3.63) is 59.2 Å². The fourth-order valence-corrected chi connectivity index (χ4v) is 2.41. The van der Waals surface area contributed by atoms with Gasteiger partial charge in [-0.25, -0.2) is 0 Å². The molecule has 2 heteroatoms. The maximum absolute atomic E-state index is 9.70. The number of aromatic hydroxyl groups is 2. The van der Waals surface area contributed by atoms with Crippen molar-refractivity contribution in [2.45, 2.75) is 32.6 Å². The highest BCUT2D eigenvalue weighted by atomic mass is 16.3. The number of benzene rings is 2. The first kappa shape index (κ1) is 13.5. The van der Waals surface area contributed by atoms with Crippen LogP contribution in [-0.2, 0) is 0 Å². The summed E-state index contributed by atoms with van der Waals surface area (Å²) in [6, 6.07) is 13.0. The standard InChI is InChI=1S/C17H20O2/c1-11-8-15(10-17(19)9-11)13(3)12(2)14-4-6-16(18)7-5-14/h4-10,12-13,18-19H,1-3H3. The van der Waals surface area contributed by atoms with E-state index in [1.807, 2.05) is 25.1 Å². The lowest BCUT2D eigenvalue weighted by atomic mass is 9.83. The molecule has 0 bridgehead atoms. The number of hydrogen-bond donors (Lipinski definition) is 2. The van der Waals surface area contributed by atoms with E-state index in [1.165, 1.54) is 5.56 Å². The molecule has 2 aromatic rings. The highest BCUT2D eigenvalue weighted by Crippen LogP contribution is 2.34. The Labute approximate surface area is 114 Å². The third-order valence-electron chi connectivity index (χ3n) is 3.78. The Bertz CT molecular complexity index is 538. The van der Waals surface area contributed by atoms with E-state index in [0.29, 0.717) is 17.6 Å². The fraction of sp³-hybridized carbons (Fsp3) is 0.294. The second-order valence-electron chi connectivity index (χ2n) is 5.27. The first-order valence-corrected chi connectivity index (χ1v) is 6.57. The molecule has 0 saturated heterocycles. The Kier molecular flexibility index (Phi) is 3.79. The Morgan fingerprint density at radius 3 is 1.89 bits per heavy atom. The monoisotopic (exact) mass is 256 g/mol. The van der Waals surface area contributed by atoms with E-state index >= 15 is 0 Å². The molecule has 19 heavy (non-hydrogen) atoms. The summed E-state index contributed by atoms with van der Waals surface area (Å²) in [5.41, 5.74) is 3.39. The quantitative estimate of drug-likeness (QED) is 0.859. The zero-order valence-corrected chi connectivity index (χ0v) is 11.6. The van der Waals surface area contributed by atoms with Gasteiger partial charge in [-0.15, -0.1) is 0 Å². The molecule has 0 aliphatic heterocycles. The van der Waals surface area contributed by atoms with Crippen molar-refractivity contribution < 1.29 is 10.2 Å². The molecule has 2 atom stereocenters. The van der Waals surface area contributed by atoms with Gasteiger partial charge in [-0.2, -0.15) is 0 Å². The predicted molar refractivity (Wildman–Crippen MR) is 77.8 cm³/mol. The topological polar surface area (TPSA) is 40.5 Å². The van der Waals surface area contributed by atoms with E-state index in [-0.39, 0.29) is 5.75 Å². The average Bonchev–Trinajstić information content (AvgIpc) is 2.37. The van der Waals surface area contributed by atoms with Crippen LogP contribution in [0.3, 0.4) is 0 Å². The summed E-state index contributed by atoms with van der Waals surface area (Å²) in [6.07, 6.45) is 0. The molecule has 0 radical (unpaired) electrons. The molecule has 0 saturated carbocycles. The number of phenols is 2. The number of hydrogen-bond acceptors (Lipinski definition) is 2. The van der Waals surface area contributed by atoms with Crippen LogP contribution in [0.4, 0.5) is 0 Å². The van der Waals surface area contributed by atoms with Crippen molar-refractivity contribution in [3.63, 3.8) is 0 Å². The SMILES string of the molecule is Cc1cc(O)cc(C(C)C(C)c2ccc(O)cc2)c1. The van der Waals surface area contributed by atoms with Crippen LogP contribution in [0.2, 0.25) is 0 Å². The molecule has 2 nitrogen and oxygen atoms in total. The molecule has 0 aliphatic rings. The lowest BCUT2D eigenvalue weighted by Crippen LogP contribution is -2.05. The molecule has 0 amide bonds. The van der Waals surface area contributed by atoms with E-state index < -0.39 is 0 Å². The van der Waals surface area contributed by atoms with Gasteiger partial charge in [-0.05, 0) is 59.7 Å². The molecule has 2 aromatic carbocycles. The Balaban J connectivity index is 2.27. The van der Waals surface area contributed by atoms with Gasteiger partial charge in [-0.3, -0.25) is 0 Å². The summed E-state index contributed by atoms with van der Waals surface area (Å²) in [7, 11) is 0. The first-order valence-electron chi connectivity index (χ1n) is 6.57. The van der Waals surface area contributed by atoms with Gasteiger partial charge in [0.05, 0.1) is 0 Å². The minimum atomic E-state index is 0.289. The van der Waals surface area contributed by atoms with Crippen molar-refractivity contribution in [1.29, 1.82) is 0 Å². The van der Waals surface area contributed by atoms with Gasteiger partial charge in [-0.1, -0.05) is 32.0 Å². The third kappa shape index (κ3) is 3.08. The predicted octanol–water partition coefficient (Wildman–Crippen LogP) is 4.31. The molecule has 2 N–H and O–H groups in total. The number of phenolic OH excluding ortho intramolecular Hbond substituents is 2. The summed E-state index contributed by atoms with van der Waals surface area (Å²) in [4.78, 5) is 0. The van der Waals surface area contributed by atoms with Gasteiger partial charge in [0.1, 0.15) is 11.5 Å². The van der Waals surface area contributed by atoms with Crippen molar-refractivity contribution in [3.8, 4) is 11.5 Å². The molecule has 0 fully saturated rings. The van der Waals surface area contributed by atoms with Crippen LogP contribution in [0, 0.1) is 6.92 Å². The van der Waals surface area contributed by atoms with Gasteiger partial charge >= 0.3 is 0 Å². The van der Waals surface area contributed by atoms with Crippen LogP contribution in [0.5, 0.6) is 11.5 Å². The summed E-state index contributed by atoms with van der Waals surface area (Å²) >= 11 is 0. The van der Waals surface area contributed by atoms with Crippen molar-refractivity contribution in [2.24, 2.45) is 0 Å². The minimum Gasteiger partial charge on any atom is -0.508 e. The molecule has 0 aromatic heterocycles. The first-order chi connectivity index (χ1) is 8.97. The van der Waals surface area contributed by atoms with E-state index in [2.05, 4.69) is 19.9 Å². The van der Waals surface area contributed by atoms with Crippen LogP contribution in [0.1, 0.15) is 42.4 Å². The van der Waals surface area contributed by atoms with Crippen LogP contribution in [-0.4, -0.2) is 10.2 Å². The normalized spacial score (nSPS) is 14.1. The van der Waals surface area contributed by atoms with Crippen LogP contribution in [0.15, 0.2) is 42.5 Å². The lowest BCUT2D eigenvalue weighted by Gasteiger charge is -2.21. The summed E-state index contributed by atoms with van der Waals surface area (Å²) in [5.74, 6) is 1.23.